The van der Waals surface area contributed by atoms with Crippen LogP contribution in [-0.2, 0) is 10.0 Å². The molecule has 0 fully saturated rings. The smallest absolute Gasteiger partial charge is 0.263 e. The Hall–Kier alpha value is -2.19. The van der Waals surface area contributed by atoms with Gasteiger partial charge in [-0.2, -0.15) is 0 Å². The Morgan fingerprint density at radius 1 is 1.33 bits per heavy atom. The van der Waals surface area contributed by atoms with Crippen molar-refractivity contribution in [2.24, 2.45) is 5.73 Å². The Balaban J connectivity index is 2.27. The first-order valence-electron chi connectivity index (χ1n) is 5.85. The second kappa shape index (κ2) is 6.06. The summed E-state index contributed by atoms with van der Waals surface area (Å²) in [4.78, 5) is 4.04. The summed E-state index contributed by atoms with van der Waals surface area (Å²) in [6, 6.07) is 9.46. The van der Waals surface area contributed by atoms with E-state index in [1.54, 1.807) is 24.3 Å². The van der Waals surface area contributed by atoms with Gasteiger partial charge in [0.1, 0.15) is 15.6 Å². The van der Waals surface area contributed by atoms with Crippen LogP contribution in [0.25, 0.3) is 0 Å². The molecule has 110 valence electrons. The van der Waals surface area contributed by atoms with Crippen molar-refractivity contribution >= 4 is 32.9 Å². The normalized spacial score (nSPS) is 10.9. The molecule has 1 aromatic heterocycles. The molecular formula is C13H13N3O3S2. The van der Waals surface area contributed by atoms with Crippen molar-refractivity contribution < 1.29 is 13.2 Å². The van der Waals surface area contributed by atoms with Gasteiger partial charge in [-0.25, -0.2) is 8.42 Å². The molecule has 0 aliphatic heterocycles. The zero-order valence-electron chi connectivity index (χ0n) is 11.1. The SMILES string of the molecule is COc1cccc(NS(=O)(=O)c2ccc(C(N)=S)nc2)c1. The first-order valence-corrected chi connectivity index (χ1v) is 7.74. The van der Waals surface area contributed by atoms with Crippen LogP contribution in [0.3, 0.4) is 0 Å². The number of nitrogens with one attached hydrogen (secondary N) is 1. The minimum Gasteiger partial charge on any atom is -0.497 e. The molecule has 1 aromatic carbocycles. The highest BCUT2D eigenvalue weighted by Crippen LogP contribution is 2.20. The molecule has 0 aliphatic carbocycles. The van der Waals surface area contributed by atoms with Crippen molar-refractivity contribution in [1.29, 1.82) is 0 Å². The van der Waals surface area contributed by atoms with E-state index in [1.165, 1.54) is 25.4 Å². The summed E-state index contributed by atoms with van der Waals surface area (Å²) in [6.07, 6.45) is 1.21. The number of anilines is 1. The molecule has 3 N–H and O–H groups in total. The van der Waals surface area contributed by atoms with E-state index >= 15 is 0 Å². The lowest BCUT2D eigenvalue weighted by Gasteiger charge is -2.09. The predicted molar refractivity (Wildman–Crippen MR) is 83.9 cm³/mol. The average Bonchev–Trinajstić information content (AvgIpc) is 2.47. The number of methoxy groups -OCH3 is 1. The Morgan fingerprint density at radius 2 is 2.10 bits per heavy atom. The summed E-state index contributed by atoms with van der Waals surface area (Å²) in [7, 11) is -2.23. The fourth-order valence-corrected chi connectivity index (χ4v) is 2.70. The number of hydrogen-bond acceptors (Lipinski definition) is 5. The lowest BCUT2D eigenvalue weighted by atomic mass is 10.3. The topological polar surface area (TPSA) is 94.3 Å². The van der Waals surface area contributed by atoms with Gasteiger partial charge >= 0.3 is 0 Å². The number of pyridine rings is 1. The van der Waals surface area contributed by atoms with Crippen LogP contribution >= 0.6 is 12.2 Å². The molecule has 0 atom stereocenters. The predicted octanol–water partition coefficient (Wildman–Crippen LogP) is 1.53. The van der Waals surface area contributed by atoms with E-state index < -0.39 is 10.0 Å². The van der Waals surface area contributed by atoms with E-state index in [4.69, 9.17) is 22.7 Å². The first kappa shape index (κ1) is 15.2. The molecule has 1 heterocycles. The summed E-state index contributed by atoms with van der Waals surface area (Å²) >= 11 is 4.77. The molecule has 0 amide bonds. The summed E-state index contributed by atoms with van der Waals surface area (Å²) in [6.45, 7) is 0. The fraction of sp³-hybridized carbons (Fsp3) is 0.0769. The van der Waals surface area contributed by atoms with Gasteiger partial charge in [-0.1, -0.05) is 18.3 Å². The lowest BCUT2D eigenvalue weighted by molar-refractivity contribution is 0.415. The van der Waals surface area contributed by atoms with E-state index in [2.05, 4.69) is 9.71 Å². The van der Waals surface area contributed by atoms with Gasteiger partial charge in [0, 0.05) is 12.3 Å². The van der Waals surface area contributed by atoms with Crippen molar-refractivity contribution in [1.82, 2.24) is 4.98 Å². The van der Waals surface area contributed by atoms with Crippen LogP contribution in [0.15, 0.2) is 47.5 Å². The molecule has 0 spiro atoms. The van der Waals surface area contributed by atoms with Crippen LogP contribution in [0.2, 0.25) is 0 Å². The van der Waals surface area contributed by atoms with Gasteiger partial charge in [0.05, 0.1) is 18.5 Å². The minimum atomic E-state index is -3.73. The molecule has 0 saturated heterocycles. The molecule has 0 radical (unpaired) electrons. The molecule has 2 rings (SSSR count). The van der Waals surface area contributed by atoms with E-state index in [0.717, 1.165) is 0 Å². The molecule has 0 aliphatic rings. The highest BCUT2D eigenvalue weighted by atomic mass is 32.2. The van der Waals surface area contributed by atoms with Crippen LogP contribution in [0, 0.1) is 0 Å². The van der Waals surface area contributed by atoms with Crippen molar-refractivity contribution in [3.05, 3.63) is 48.3 Å². The molecule has 21 heavy (non-hydrogen) atoms. The number of thiocarbonyl (C=S) groups is 1. The minimum absolute atomic E-state index is 0.0188. The number of ether oxygens (including phenoxy) is 1. The Morgan fingerprint density at radius 3 is 2.67 bits per heavy atom. The van der Waals surface area contributed by atoms with Crippen LogP contribution in [0.4, 0.5) is 5.69 Å². The number of rotatable bonds is 5. The van der Waals surface area contributed by atoms with Gasteiger partial charge in [-0.3, -0.25) is 9.71 Å². The zero-order chi connectivity index (χ0) is 15.5. The second-order valence-corrected chi connectivity index (χ2v) is 6.20. The molecule has 0 saturated carbocycles. The van der Waals surface area contributed by atoms with Crippen molar-refractivity contribution in [3.63, 3.8) is 0 Å². The highest BCUT2D eigenvalue weighted by Gasteiger charge is 2.15. The summed E-state index contributed by atoms with van der Waals surface area (Å²) in [5, 5.41) is 0. The van der Waals surface area contributed by atoms with Crippen LogP contribution < -0.4 is 15.2 Å². The molecule has 6 nitrogen and oxygen atoms in total. The summed E-state index contributed by atoms with van der Waals surface area (Å²) < 4.78 is 31.9. The highest BCUT2D eigenvalue weighted by molar-refractivity contribution is 7.92. The number of hydrogen-bond donors (Lipinski definition) is 2. The van der Waals surface area contributed by atoms with Gasteiger partial charge in [0.25, 0.3) is 10.0 Å². The van der Waals surface area contributed by atoms with Gasteiger partial charge < -0.3 is 10.5 Å². The Bertz CT molecular complexity index is 758. The van der Waals surface area contributed by atoms with Crippen molar-refractivity contribution in [3.8, 4) is 5.75 Å². The third-order valence-corrected chi connectivity index (χ3v) is 4.20. The third-order valence-electron chi connectivity index (χ3n) is 2.62. The maximum absolute atomic E-state index is 12.2. The average molecular weight is 323 g/mol. The quantitative estimate of drug-likeness (QED) is 0.810. The van der Waals surface area contributed by atoms with Gasteiger partial charge in [0.2, 0.25) is 0 Å². The van der Waals surface area contributed by atoms with Crippen molar-refractivity contribution in [2.45, 2.75) is 4.90 Å². The van der Waals surface area contributed by atoms with Gasteiger partial charge in [0.15, 0.2) is 0 Å². The van der Waals surface area contributed by atoms with Gasteiger partial charge in [-0.05, 0) is 24.3 Å². The Kier molecular flexibility index (Phi) is 4.39. The fourth-order valence-electron chi connectivity index (χ4n) is 1.59. The molecule has 2 aromatic rings. The maximum atomic E-state index is 12.2. The monoisotopic (exact) mass is 323 g/mol. The largest absolute Gasteiger partial charge is 0.497 e. The van der Waals surface area contributed by atoms with Crippen LogP contribution in [0.1, 0.15) is 5.69 Å². The summed E-state index contributed by atoms with van der Waals surface area (Å²) in [5.74, 6) is 0.553. The van der Waals surface area contributed by atoms with E-state index in [0.29, 0.717) is 17.1 Å². The molecular weight excluding hydrogens is 310 g/mol. The maximum Gasteiger partial charge on any atom is 0.263 e. The lowest BCUT2D eigenvalue weighted by Crippen LogP contribution is -2.15. The molecule has 8 heteroatoms. The number of nitrogens with zero attached hydrogens (tertiary/aromatic N) is 1. The summed E-state index contributed by atoms with van der Waals surface area (Å²) in [5.41, 5.74) is 6.18. The number of benzene rings is 1. The number of nitrogens with two attached hydrogens (primary N) is 1. The second-order valence-electron chi connectivity index (χ2n) is 4.08. The van der Waals surface area contributed by atoms with E-state index in [1.807, 2.05) is 0 Å². The number of sulfonamides is 1. The Labute approximate surface area is 128 Å². The van der Waals surface area contributed by atoms with Gasteiger partial charge in [-0.15, -0.1) is 0 Å². The zero-order valence-corrected chi connectivity index (χ0v) is 12.7. The standard InChI is InChI=1S/C13H13N3O3S2/c1-19-10-4-2-3-9(7-10)16-21(17,18)11-5-6-12(13(14)20)15-8-11/h2-8,16H,1H3,(H2,14,20). The van der Waals surface area contributed by atoms with Crippen LogP contribution in [0.5, 0.6) is 5.75 Å². The van der Waals surface area contributed by atoms with Crippen LogP contribution in [-0.4, -0.2) is 25.5 Å². The third kappa shape index (κ3) is 3.67. The van der Waals surface area contributed by atoms with E-state index in [-0.39, 0.29) is 9.88 Å². The van der Waals surface area contributed by atoms with Crippen molar-refractivity contribution in [2.75, 3.05) is 11.8 Å². The van der Waals surface area contributed by atoms with E-state index in [9.17, 15) is 8.42 Å². The number of aromatic nitrogens is 1. The molecule has 0 unspecified atom stereocenters. The molecule has 0 bridgehead atoms. The first-order chi connectivity index (χ1) is 9.92.